The van der Waals surface area contributed by atoms with Gasteiger partial charge in [0.25, 0.3) is 0 Å². The first kappa shape index (κ1) is 24.6. The minimum atomic E-state index is 0.0382. The molecule has 0 unspecified atom stereocenters. The van der Waals surface area contributed by atoms with Crippen LogP contribution in [0.25, 0.3) is 0 Å². The van der Waals surface area contributed by atoms with E-state index in [9.17, 15) is 0 Å². The highest BCUT2D eigenvalue weighted by molar-refractivity contribution is 5.39. The maximum absolute atomic E-state index is 8.93. The van der Waals surface area contributed by atoms with E-state index >= 15 is 0 Å². The van der Waals surface area contributed by atoms with Crippen LogP contribution in [0.5, 0.6) is 0 Å². The molecule has 4 nitrogen and oxygen atoms in total. The lowest BCUT2D eigenvalue weighted by Crippen LogP contribution is -2.30. The van der Waals surface area contributed by atoms with Gasteiger partial charge in [-0.3, -0.25) is 0 Å². The molecule has 4 heteroatoms. The first-order chi connectivity index (χ1) is 14.6. The van der Waals surface area contributed by atoms with E-state index in [-0.39, 0.29) is 18.6 Å². The van der Waals surface area contributed by atoms with E-state index in [1.807, 2.05) is 13.0 Å². The van der Waals surface area contributed by atoms with Crippen LogP contribution >= 0.6 is 0 Å². The third-order valence-electron chi connectivity index (χ3n) is 6.17. The van der Waals surface area contributed by atoms with Gasteiger partial charge in [-0.1, -0.05) is 55.2 Å². The number of allylic oxidation sites excluding steroid dienone is 4. The Kier molecular flexibility index (Phi) is 11.2. The second-order valence-corrected chi connectivity index (χ2v) is 8.38. The normalized spacial score (nSPS) is 17.2. The fraction of sp³-hybridized carbons (Fsp3) is 0.615. The molecule has 0 bridgehead atoms. The van der Waals surface area contributed by atoms with Crippen LogP contribution in [0, 0.1) is 0 Å². The molecule has 2 N–H and O–H groups in total. The molecule has 30 heavy (non-hydrogen) atoms. The van der Waals surface area contributed by atoms with Gasteiger partial charge < -0.3 is 19.7 Å². The number of rotatable bonds is 13. The van der Waals surface area contributed by atoms with E-state index in [0.29, 0.717) is 13.2 Å². The zero-order valence-corrected chi connectivity index (χ0v) is 18.9. The molecular formula is C26H40O4. The molecule has 0 saturated heterocycles. The number of hydrogen-bond donors (Lipinski definition) is 2. The standard InChI is InChI=1S/C26H40O4/c1-22(9-10-23(2)30-20-18-28)26(15-5-3-6-16-26)25-13-11-24(12-14-25)21-29-19-8-4-7-17-27/h9-14,27-28H,3-8,15-21H2,1-2H3/b22-9+,23-10+. The molecule has 1 aliphatic carbocycles. The SMILES string of the molecule is C/C(=C\C=C(/C)C1(c2ccc(COCCCCCO)cc2)CCCCC1)OCCO. The lowest BCUT2D eigenvalue weighted by molar-refractivity contribution is 0.115. The molecule has 1 fully saturated rings. The molecule has 1 aromatic carbocycles. The summed E-state index contributed by atoms with van der Waals surface area (Å²) in [5.41, 5.74) is 4.07. The van der Waals surface area contributed by atoms with Gasteiger partial charge in [0, 0.05) is 18.6 Å². The van der Waals surface area contributed by atoms with E-state index in [1.165, 1.54) is 48.8 Å². The molecule has 0 heterocycles. The van der Waals surface area contributed by atoms with Gasteiger partial charge in [-0.2, -0.15) is 0 Å². The minimum Gasteiger partial charge on any atom is -0.496 e. The third-order valence-corrected chi connectivity index (χ3v) is 6.17. The van der Waals surface area contributed by atoms with E-state index in [4.69, 9.17) is 19.7 Å². The van der Waals surface area contributed by atoms with Gasteiger partial charge in [0.15, 0.2) is 0 Å². The number of aliphatic hydroxyl groups excluding tert-OH is 2. The van der Waals surface area contributed by atoms with E-state index in [2.05, 4.69) is 37.3 Å². The van der Waals surface area contributed by atoms with Crippen LogP contribution in [0.15, 0.2) is 47.7 Å². The van der Waals surface area contributed by atoms with Crippen LogP contribution in [0.3, 0.4) is 0 Å². The molecule has 0 aliphatic heterocycles. The van der Waals surface area contributed by atoms with Crippen molar-refractivity contribution in [2.24, 2.45) is 0 Å². The predicted molar refractivity (Wildman–Crippen MR) is 122 cm³/mol. The molecule has 0 radical (unpaired) electrons. The van der Waals surface area contributed by atoms with Crippen LogP contribution in [-0.4, -0.2) is 36.6 Å². The lowest BCUT2D eigenvalue weighted by atomic mass is 9.65. The van der Waals surface area contributed by atoms with Crippen molar-refractivity contribution in [3.05, 3.63) is 58.9 Å². The Balaban J connectivity index is 2.05. The first-order valence-corrected chi connectivity index (χ1v) is 11.5. The highest BCUT2D eigenvalue weighted by Crippen LogP contribution is 2.45. The monoisotopic (exact) mass is 416 g/mol. The van der Waals surface area contributed by atoms with Gasteiger partial charge in [0.05, 0.1) is 19.0 Å². The Morgan fingerprint density at radius 2 is 1.63 bits per heavy atom. The van der Waals surface area contributed by atoms with Crippen LogP contribution < -0.4 is 0 Å². The zero-order valence-electron chi connectivity index (χ0n) is 18.9. The first-order valence-electron chi connectivity index (χ1n) is 11.5. The number of ether oxygens (including phenoxy) is 2. The topological polar surface area (TPSA) is 58.9 Å². The summed E-state index contributed by atoms with van der Waals surface area (Å²) >= 11 is 0. The van der Waals surface area contributed by atoms with Crippen LogP contribution in [0.4, 0.5) is 0 Å². The molecule has 0 amide bonds. The Labute approximate surface area is 182 Å². The van der Waals surface area contributed by atoms with Crippen LogP contribution in [-0.2, 0) is 21.5 Å². The Morgan fingerprint density at radius 3 is 2.30 bits per heavy atom. The maximum Gasteiger partial charge on any atom is 0.111 e. The predicted octanol–water partition coefficient (Wildman–Crippen LogP) is 5.43. The van der Waals surface area contributed by atoms with Crippen molar-refractivity contribution in [1.82, 2.24) is 0 Å². The lowest BCUT2D eigenvalue weighted by Gasteiger charge is -2.39. The summed E-state index contributed by atoms with van der Waals surface area (Å²) in [5.74, 6) is 0.834. The molecule has 2 rings (SSSR count). The van der Waals surface area contributed by atoms with E-state index in [0.717, 1.165) is 31.6 Å². The molecule has 1 saturated carbocycles. The van der Waals surface area contributed by atoms with Crippen molar-refractivity contribution < 1.29 is 19.7 Å². The molecule has 0 atom stereocenters. The molecule has 0 aromatic heterocycles. The number of hydrogen-bond acceptors (Lipinski definition) is 4. The summed E-state index contributed by atoms with van der Waals surface area (Å²) in [6.07, 6.45) is 13.3. The van der Waals surface area contributed by atoms with Gasteiger partial charge >= 0.3 is 0 Å². The molecular weight excluding hydrogens is 376 g/mol. The van der Waals surface area contributed by atoms with Crippen molar-refractivity contribution in [2.75, 3.05) is 26.4 Å². The Hall–Kier alpha value is -1.62. The summed E-state index contributed by atoms with van der Waals surface area (Å²) in [4.78, 5) is 0. The summed E-state index contributed by atoms with van der Waals surface area (Å²) < 4.78 is 11.3. The van der Waals surface area contributed by atoms with E-state index in [1.54, 1.807) is 0 Å². The average molecular weight is 417 g/mol. The Bertz CT molecular complexity index is 654. The highest BCUT2D eigenvalue weighted by Gasteiger charge is 2.35. The average Bonchev–Trinajstić information content (AvgIpc) is 2.79. The maximum atomic E-state index is 8.93. The van der Waals surface area contributed by atoms with Gasteiger partial charge in [0.1, 0.15) is 6.61 Å². The van der Waals surface area contributed by atoms with Crippen molar-refractivity contribution in [3.63, 3.8) is 0 Å². The quantitative estimate of drug-likeness (QED) is 0.256. The second kappa shape index (κ2) is 13.6. The van der Waals surface area contributed by atoms with Gasteiger partial charge in [-0.15, -0.1) is 0 Å². The van der Waals surface area contributed by atoms with Gasteiger partial charge in [0.2, 0.25) is 0 Å². The largest absolute Gasteiger partial charge is 0.496 e. The van der Waals surface area contributed by atoms with Crippen molar-refractivity contribution >= 4 is 0 Å². The summed E-state index contributed by atoms with van der Waals surface area (Å²) in [6.45, 7) is 6.21. The number of unbranched alkanes of at least 4 members (excludes halogenated alkanes) is 2. The number of benzene rings is 1. The highest BCUT2D eigenvalue weighted by atomic mass is 16.5. The molecule has 0 spiro atoms. The molecule has 168 valence electrons. The minimum absolute atomic E-state index is 0.0382. The fourth-order valence-electron chi connectivity index (χ4n) is 4.33. The van der Waals surface area contributed by atoms with Crippen molar-refractivity contribution in [2.45, 2.75) is 77.2 Å². The summed E-state index contributed by atoms with van der Waals surface area (Å²) in [6, 6.07) is 8.98. The van der Waals surface area contributed by atoms with E-state index < -0.39 is 0 Å². The fourth-order valence-corrected chi connectivity index (χ4v) is 4.33. The van der Waals surface area contributed by atoms with Crippen molar-refractivity contribution in [1.29, 1.82) is 0 Å². The smallest absolute Gasteiger partial charge is 0.111 e. The number of aliphatic hydroxyl groups is 2. The molecule has 1 aliphatic rings. The third kappa shape index (κ3) is 7.57. The van der Waals surface area contributed by atoms with Crippen LogP contribution in [0.1, 0.15) is 76.3 Å². The zero-order chi connectivity index (χ0) is 21.7. The summed E-state index contributed by atoms with van der Waals surface area (Å²) in [7, 11) is 0. The molecule has 1 aromatic rings. The Morgan fingerprint density at radius 1 is 0.900 bits per heavy atom. The van der Waals surface area contributed by atoms with Gasteiger partial charge in [-0.25, -0.2) is 0 Å². The summed E-state index contributed by atoms with van der Waals surface area (Å²) in [5, 5.41) is 17.8. The van der Waals surface area contributed by atoms with Gasteiger partial charge in [-0.05, 0) is 63.2 Å². The van der Waals surface area contributed by atoms with Crippen molar-refractivity contribution in [3.8, 4) is 0 Å². The van der Waals surface area contributed by atoms with Crippen LogP contribution in [0.2, 0.25) is 0 Å². The second-order valence-electron chi connectivity index (χ2n) is 8.38.